The number of hydrogen-bond acceptors (Lipinski definition) is 3. The van der Waals surface area contributed by atoms with E-state index < -0.39 is 0 Å². The van der Waals surface area contributed by atoms with Gasteiger partial charge in [-0.25, -0.2) is 0 Å². The molecule has 2 amide bonds. The van der Waals surface area contributed by atoms with E-state index in [-0.39, 0.29) is 11.8 Å². The van der Waals surface area contributed by atoms with Crippen molar-refractivity contribution < 1.29 is 9.59 Å². The van der Waals surface area contributed by atoms with E-state index in [1.165, 1.54) is 12.8 Å². The second-order valence-corrected chi connectivity index (χ2v) is 7.38. The Morgan fingerprint density at radius 1 is 0.696 bits per heavy atom. The van der Waals surface area contributed by atoms with E-state index in [4.69, 9.17) is 0 Å². The van der Waals surface area contributed by atoms with Crippen LogP contribution in [0.2, 0.25) is 0 Å². The second kappa shape index (κ2) is 8.13. The molecular formula is C18H31N3O2. The summed E-state index contributed by atoms with van der Waals surface area (Å²) in [6.07, 6.45) is 8.99. The van der Waals surface area contributed by atoms with Crippen LogP contribution in [0.5, 0.6) is 0 Å². The van der Waals surface area contributed by atoms with Crippen LogP contribution in [-0.2, 0) is 9.59 Å². The number of likely N-dealkylation sites (tertiary alicyclic amines) is 3. The number of piperidine rings is 1. The van der Waals surface area contributed by atoms with Crippen molar-refractivity contribution in [2.45, 2.75) is 51.4 Å². The molecule has 0 aromatic heterocycles. The van der Waals surface area contributed by atoms with Crippen LogP contribution in [0.25, 0.3) is 0 Å². The van der Waals surface area contributed by atoms with E-state index in [9.17, 15) is 9.59 Å². The average Bonchev–Trinajstić information content (AvgIpc) is 2.98. The number of nitrogens with zero attached hydrogens (tertiary/aromatic N) is 3. The SMILES string of the molecule is O=C(CN1CCC(C(=O)N2CCCCCC2)CC1)N1CCCC1. The molecule has 0 N–H and O–H groups in total. The molecule has 0 bridgehead atoms. The van der Waals surface area contributed by atoms with Crippen molar-refractivity contribution in [3.63, 3.8) is 0 Å². The lowest BCUT2D eigenvalue weighted by Crippen LogP contribution is -2.46. The van der Waals surface area contributed by atoms with Gasteiger partial charge in [-0.2, -0.15) is 0 Å². The van der Waals surface area contributed by atoms with Gasteiger partial charge in [-0.1, -0.05) is 12.8 Å². The maximum absolute atomic E-state index is 12.7. The number of amides is 2. The minimum atomic E-state index is 0.186. The van der Waals surface area contributed by atoms with Gasteiger partial charge in [0, 0.05) is 32.1 Å². The standard InChI is InChI=1S/C18H31N3O2/c22-17(20-9-5-6-10-20)15-19-13-7-16(8-14-19)18(23)21-11-3-1-2-4-12-21/h16H,1-15H2. The lowest BCUT2D eigenvalue weighted by molar-refractivity contribution is -0.137. The monoisotopic (exact) mass is 321 g/mol. The molecule has 5 heteroatoms. The first-order valence-electron chi connectivity index (χ1n) is 9.53. The zero-order valence-electron chi connectivity index (χ0n) is 14.3. The number of carbonyl (C=O) groups excluding carboxylic acids is 2. The van der Waals surface area contributed by atoms with Crippen LogP contribution in [0.3, 0.4) is 0 Å². The summed E-state index contributed by atoms with van der Waals surface area (Å²) in [5.41, 5.74) is 0. The molecule has 3 aliphatic rings. The predicted molar refractivity (Wildman–Crippen MR) is 90.0 cm³/mol. The van der Waals surface area contributed by atoms with Crippen molar-refractivity contribution in [2.24, 2.45) is 5.92 Å². The van der Waals surface area contributed by atoms with Crippen LogP contribution in [0.1, 0.15) is 51.4 Å². The molecule has 0 aromatic rings. The molecule has 3 rings (SSSR count). The van der Waals surface area contributed by atoms with Crippen molar-refractivity contribution >= 4 is 11.8 Å². The first-order valence-corrected chi connectivity index (χ1v) is 9.53. The first-order chi connectivity index (χ1) is 11.2. The predicted octanol–water partition coefficient (Wildman–Crippen LogP) is 1.72. The van der Waals surface area contributed by atoms with E-state index in [0.29, 0.717) is 12.5 Å². The van der Waals surface area contributed by atoms with Crippen LogP contribution < -0.4 is 0 Å². The summed E-state index contributed by atoms with van der Waals surface area (Å²) in [5, 5.41) is 0. The van der Waals surface area contributed by atoms with Crippen LogP contribution in [0, 0.1) is 5.92 Å². The lowest BCUT2D eigenvalue weighted by atomic mass is 9.95. The van der Waals surface area contributed by atoms with Gasteiger partial charge in [0.2, 0.25) is 11.8 Å². The van der Waals surface area contributed by atoms with Crippen molar-refractivity contribution in [3.05, 3.63) is 0 Å². The van der Waals surface area contributed by atoms with E-state index in [1.54, 1.807) is 0 Å². The van der Waals surface area contributed by atoms with Crippen LogP contribution in [-0.4, -0.2) is 72.3 Å². The Morgan fingerprint density at radius 3 is 1.83 bits per heavy atom. The highest BCUT2D eigenvalue weighted by Gasteiger charge is 2.30. The molecule has 0 unspecified atom stereocenters. The topological polar surface area (TPSA) is 43.9 Å². The smallest absolute Gasteiger partial charge is 0.236 e. The largest absolute Gasteiger partial charge is 0.342 e. The summed E-state index contributed by atoms with van der Waals surface area (Å²) >= 11 is 0. The minimum absolute atomic E-state index is 0.186. The number of carbonyl (C=O) groups is 2. The van der Waals surface area contributed by atoms with Crippen molar-refractivity contribution in [3.8, 4) is 0 Å². The van der Waals surface area contributed by atoms with E-state index in [2.05, 4.69) is 9.80 Å². The fourth-order valence-electron chi connectivity index (χ4n) is 4.15. The maximum atomic E-state index is 12.7. The normalized spacial score (nSPS) is 24.7. The van der Waals surface area contributed by atoms with E-state index in [1.807, 2.05) is 4.90 Å². The quantitative estimate of drug-likeness (QED) is 0.795. The Kier molecular flexibility index (Phi) is 5.92. The Morgan fingerprint density at radius 2 is 1.22 bits per heavy atom. The summed E-state index contributed by atoms with van der Waals surface area (Å²) in [6.45, 7) is 6.10. The molecule has 3 saturated heterocycles. The zero-order chi connectivity index (χ0) is 16.1. The zero-order valence-corrected chi connectivity index (χ0v) is 14.3. The van der Waals surface area contributed by atoms with Gasteiger partial charge >= 0.3 is 0 Å². The first kappa shape index (κ1) is 16.7. The van der Waals surface area contributed by atoms with Gasteiger partial charge in [0.25, 0.3) is 0 Å². The minimum Gasteiger partial charge on any atom is -0.342 e. The van der Waals surface area contributed by atoms with Gasteiger partial charge < -0.3 is 9.80 Å². The molecule has 5 nitrogen and oxygen atoms in total. The van der Waals surface area contributed by atoms with Gasteiger partial charge in [0.1, 0.15) is 0 Å². The van der Waals surface area contributed by atoms with E-state index in [0.717, 1.165) is 77.8 Å². The molecule has 0 spiro atoms. The number of rotatable bonds is 3. The van der Waals surface area contributed by atoms with Gasteiger partial charge in [0.05, 0.1) is 6.54 Å². The Bertz CT molecular complexity index is 404. The van der Waals surface area contributed by atoms with E-state index >= 15 is 0 Å². The fourth-order valence-corrected chi connectivity index (χ4v) is 4.15. The molecule has 0 aromatic carbocycles. The van der Waals surface area contributed by atoms with Crippen molar-refractivity contribution in [1.82, 2.24) is 14.7 Å². The van der Waals surface area contributed by atoms with Gasteiger partial charge in [-0.3, -0.25) is 14.5 Å². The summed E-state index contributed by atoms with van der Waals surface area (Å²) < 4.78 is 0. The Hall–Kier alpha value is -1.10. The fraction of sp³-hybridized carbons (Fsp3) is 0.889. The number of hydrogen-bond donors (Lipinski definition) is 0. The lowest BCUT2D eigenvalue weighted by Gasteiger charge is -2.34. The molecule has 3 heterocycles. The van der Waals surface area contributed by atoms with Crippen LogP contribution >= 0.6 is 0 Å². The maximum Gasteiger partial charge on any atom is 0.236 e. The highest BCUT2D eigenvalue weighted by atomic mass is 16.2. The second-order valence-electron chi connectivity index (χ2n) is 7.38. The summed E-state index contributed by atoms with van der Waals surface area (Å²) in [4.78, 5) is 31.2. The third-order valence-corrected chi connectivity index (χ3v) is 5.67. The highest BCUT2D eigenvalue weighted by Crippen LogP contribution is 2.22. The third kappa shape index (κ3) is 4.46. The van der Waals surface area contributed by atoms with Gasteiger partial charge in [0.15, 0.2) is 0 Å². The molecule has 0 radical (unpaired) electrons. The Balaban J connectivity index is 1.42. The van der Waals surface area contributed by atoms with Crippen LogP contribution in [0.4, 0.5) is 0 Å². The summed E-state index contributed by atoms with van der Waals surface area (Å²) in [6, 6.07) is 0. The average molecular weight is 321 g/mol. The van der Waals surface area contributed by atoms with Crippen molar-refractivity contribution in [1.29, 1.82) is 0 Å². The van der Waals surface area contributed by atoms with Crippen molar-refractivity contribution in [2.75, 3.05) is 45.8 Å². The van der Waals surface area contributed by atoms with Crippen LogP contribution in [0.15, 0.2) is 0 Å². The molecule has 3 aliphatic heterocycles. The third-order valence-electron chi connectivity index (χ3n) is 5.67. The molecule has 0 aliphatic carbocycles. The molecule has 130 valence electrons. The summed E-state index contributed by atoms with van der Waals surface area (Å²) in [7, 11) is 0. The van der Waals surface area contributed by atoms with Gasteiger partial charge in [-0.05, 0) is 51.6 Å². The molecule has 0 saturated carbocycles. The molecule has 3 fully saturated rings. The summed E-state index contributed by atoms with van der Waals surface area (Å²) in [5.74, 6) is 0.837. The molecular weight excluding hydrogens is 290 g/mol. The molecule has 23 heavy (non-hydrogen) atoms. The highest BCUT2D eigenvalue weighted by molar-refractivity contribution is 5.79. The molecule has 0 atom stereocenters. The Labute approximate surface area is 140 Å². The van der Waals surface area contributed by atoms with Gasteiger partial charge in [-0.15, -0.1) is 0 Å².